The van der Waals surface area contributed by atoms with Crippen LogP contribution in [0.2, 0.25) is 0 Å². The van der Waals surface area contributed by atoms with E-state index < -0.39 is 6.04 Å². The van der Waals surface area contributed by atoms with Gasteiger partial charge in [0.15, 0.2) is 0 Å². The summed E-state index contributed by atoms with van der Waals surface area (Å²) in [5.41, 5.74) is 0.222. The maximum Gasteiger partial charge on any atom is 0.328 e. The maximum absolute atomic E-state index is 12.3. The molecular weight excluding hydrogens is 280 g/mol. The molecule has 6 heteroatoms. The summed E-state index contributed by atoms with van der Waals surface area (Å²) in [7, 11) is 1.38. The summed E-state index contributed by atoms with van der Waals surface area (Å²) in [6.45, 7) is 2.01. The van der Waals surface area contributed by atoms with Gasteiger partial charge in [-0.15, -0.1) is 12.4 Å². The molecule has 1 spiro atoms. The molecule has 2 N–H and O–H groups in total. The molecule has 0 aromatic carbocycles. The average molecular weight is 303 g/mol. The van der Waals surface area contributed by atoms with E-state index in [1.54, 1.807) is 0 Å². The highest BCUT2D eigenvalue weighted by atomic mass is 35.5. The molecule has 1 amide bonds. The number of carbonyl (C=O) groups excluding carboxylic acids is 2. The van der Waals surface area contributed by atoms with Gasteiger partial charge in [0, 0.05) is 5.92 Å². The van der Waals surface area contributed by atoms with Gasteiger partial charge in [-0.25, -0.2) is 4.79 Å². The van der Waals surface area contributed by atoms with Gasteiger partial charge in [0.2, 0.25) is 5.91 Å². The van der Waals surface area contributed by atoms with Crippen LogP contribution in [0, 0.1) is 17.3 Å². The number of rotatable bonds is 4. The zero-order valence-corrected chi connectivity index (χ0v) is 12.6. The van der Waals surface area contributed by atoms with Crippen molar-refractivity contribution in [2.24, 2.45) is 17.3 Å². The van der Waals surface area contributed by atoms with Crippen molar-refractivity contribution in [3.05, 3.63) is 0 Å². The van der Waals surface area contributed by atoms with Gasteiger partial charge in [-0.05, 0) is 56.5 Å². The molecular formula is C14H23ClN2O3. The van der Waals surface area contributed by atoms with Crippen LogP contribution in [-0.2, 0) is 14.3 Å². The molecule has 114 valence electrons. The highest BCUT2D eigenvalue weighted by molar-refractivity contribution is 5.88. The van der Waals surface area contributed by atoms with Gasteiger partial charge in [-0.3, -0.25) is 4.79 Å². The number of hydrogen-bond acceptors (Lipinski definition) is 4. The molecule has 1 aliphatic heterocycles. The number of nitrogens with one attached hydrogen (secondary N) is 2. The molecule has 20 heavy (non-hydrogen) atoms. The van der Waals surface area contributed by atoms with Crippen LogP contribution in [0.3, 0.4) is 0 Å². The first-order valence-electron chi connectivity index (χ1n) is 7.25. The lowest BCUT2D eigenvalue weighted by Crippen LogP contribution is -2.44. The number of ether oxygens (including phenoxy) is 1. The van der Waals surface area contributed by atoms with Gasteiger partial charge >= 0.3 is 5.97 Å². The lowest BCUT2D eigenvalue weighted by Gasteiger charge is -2.24. The Morgan fingerprint density at radius 2 is 1.95 bits per heavy atom. The van der Waals surface area contributed by atoms with E-state index in [1.165, 1.54) is 7.11 Å². The van der Waals surface area contributed by atoms with E-state index >= 15 is 0 Å². The third kappa shape index (κ3) is 2.93. The van der Waals surface area contributed by atoms with E-state index in [0.717, 1.165) is 45.2 Å². The van der Waals surface area contributed by atoms with Crippen LogP contribution < -0.4 is 10.6 Å². The van der Waals surface area contributed by atoms with Gasteiger partial charge < -0.3 is 15.4 Å². The molecule has 1 heterocycles. The number of esters is 1. The number of halogens is 1. The number of carbonyl (C=O) groups is 2. The molecule has 5 nitrogen and oxygen atoms in total. The lowest BCUT2D eigenvalue weighted by molar-refractivity contribution is -0.146. The van der Waals surface area contributed by atoms with Crippen molar-refractivity contribution in [3.63, 3.8) is 0 Å². The predicted molar refractivity (Wildman–Crippen MR) is 76.6 cm³/mol. The number of piperidine rings is 1. The molecule has 1 saturated heterocycles. The Morgan fingerprint density at radius 3 is 2.50 bits per heavy atom. The van der Waals surface area contributed by atoms with Crippen LogP contribution in [0.25, 0.3) is 0 Å². The lowest BCUT2D eigenvalue weighted by atomic mass is 9.91. The van der Waals surface area contributed by atoms with E-state index in [-0.39, 0.29) is 35.6 Å². The summed E-state index contributed by atoms with van der Waals surface area (Å²) in [6, 6.07) is -0.420. The quantitative estimate of drug-likeness (QED) is 0.756. The minimum atomic E-state index is -0.420. The molecule has 3 aliphatic rings. The highest BCUT2D eigenvalue weighted by Crippen LogP contribution is 2.58. The van der Waals surface area contributed by atoms with E-state index in [9.17, 15) is 9.59 Å². The first kappa shape index (κ1) is 15.6. The van der Waals surface area contributed by atoms with E-state index in [4.69, 9.17) is 4.74 Å². The standard InChI is InChI=1S/C14H22N2O3.ClH/c1-19-13(18)11(9-2-3-9)16-12(17)10-8-14(10)4-6-15-7-5-14;/h9-11,15H,2-8H2,1H3,(H,16,17);1H. The minimum Gasteiger partial charge on any atom is -0.467 e. The molecule has 3 fully saturated rings. The van der Waals surface area contributed by atoms with Crippen molar-refractivity contribution in [1.29, 1.82) is 0 Å². The van der Waals surface area contributed by atoms with Crippen molar-refractivity contribution in [2.75, 3.05) is 20.2 Å². The van der Waals surface area contributed by atoms with Crippen LogP contribution in [-0.4, -0.2) is 38.1 Å². The van der Waals surface area contributed by atoms with Gasteiger partial charge in [0.05, 0.1) is 7.11 Å². The largest absolute Gasteiger partial charge is 0.467 e. The van der Waals surface area contributed by atoms with Crippen molar-refractivity contribution >= 4 is 24.3 Å². The van der Waals surface area contributed by atoms with Crippen molar-refractivity contribution < 1.29 is 14.3 Å². The molecule has 0 bridgehead atoms. The maximum atomic E-state index is 12.3. The first-order valence-corrected chi connectivity index (χ1v) is 7.25. The van der Waals surface area contributed by atoms with Crippen LogP contribution in [0.4, 0.5) is 0 Å². The Morgan fingerprint density at radius 1 is 1.30 bits per heavy atom. The third-order valence-electron chi connectivity index (χ3n) is 4.95. The topological polar surface area (TPSA) is 67.4 Å². The molecule has 2 unspecified atom stereocenters. The van der Waals surface area contributed by atoms with Crippen molar-refractivity contribution in [1.82, 2.24) is 10.6 Å². The zero-order chi connectivity index (χ0) is 13.5. The molecule has 2 saturated carbocycles. The number of methoxy groups -OCH3 is 1. The second-order valence-corrected chi connectivity index (χ2v) is 6.22. The molecule has 0 radical (unpaired) electrons. The van der Waals surface area contributed by atoms with Crippen LogP contribution in [0.1, 0.15) is 32.1 Å². The summed E-state index contributed by atoms with van der Waals surface area (Å²) in [4.78, 5) is 24.0. The van der Waals surface area contributed by atoms with Crippen LogP contribution >= 0.6 is 12.4 Å². The molecule has 0 aromatic rings. The third-order valence-corrected chi connectivity index (χ3v) is 4.95. The second kappa shape index (κ2) is 5.90. The summed E-state index contributed by atoms with van der Waals surface area (Å²) in [6.07, 6.45) is 5.17. The van der Waals surface area contributed by atoms with Gasteiger partial charge in [0.1, 0.15) is 6.04 Å². The average Bonchev–Trinajstić information content (AvgIpc) is 3.33. The monoisotopic (exact) mass is 302 g/mol. The SMILES string of the molecule is COC(=O)C(NC(=O)C1CC12CCNCC2)C1CC1.Cl. The van der Waals surface area contributed by atoms with Gasteiger partial charge in [-0.1, -0.05) is 0 Å². The smallest absolute Gasteiger partial charge is 0.328 e. The summed E-state index contributed by atoms with van der Waals surface area (Å²) in [5, 5.41) is 6.26. The van der Waals surface area contributed by atoms with E-state index in [0.29, 0.717) is 5.92 Å². The fourth-order valence-corrected chi connectivity index (χ4v) is 3.38. The highest BCUT2D eigenvalue weighted by Gasteiger charge is 2.58. The van der Waals surface area contributed by atoms with Gasteiger partial charge in [0.25, 0.3) is 0 Å². The first-order chi connectivity index (χ1) is 9.16. The summed E-state index contributed by atoms with van der Waals surface area (Å²) in [5.74, 6) is 0.166. The Kier molecular flexibility index (Phi) is 4.59. The fourth-order valence-electron chi connectivity index (χ4n) is 3.38. The van der Waals surface area contributed by atoms with Gasteiger partial charge in [-0.2, -0.15) is 0 Å². The fraction of sp³-hybridized carbons (Fsp3) is 0.857. The zero-order valence-electron chi connectivity index (χ0n) is 11.8. The van der Waals surface area contributed by atoms with E-state index in [1.807, 2.05) is 0 Å². The Bertz CT molecular complexity index is 392. The van der Waals surface area contributed by atoms with Crippen molar-refractivity contribution in [2.45, 2.75) is 38.1 Å². The normalized spacial score (nSPS) is 28.1. The van der Waals surface area contributed by atoms with Crippen LogP contribution in [0.15, 0.2) is 0 Å². The van der Waals surface area contributed by atoms with Crippen molar-refractivity contribution in [3.8, 4) is 0 Å². The van der Waals surface area contributed by atoms with E-state index in [2.05, 4.69) is 10.6 Å². The number of hydrogen-bond donors (Lipinski definition) is 2. The van der Waals surface area contributed by atoms with Crippen LogP contribution in [0.5, 0.6) is 0 Å². The number of amides is 1. The summed E-state index contributed by atoms with van der Waals surface area (Å²) < 4.78 is 4.79. The Balaban J connectivity index is 0.00000147. The summed E-state index contributed by atoms with van der Waals surface area (Å²) >= 11 is 0. The predicted octanol–water partition coefficient (Wildman–Crippen LogP) is 0.866. The molecule has 2 aliphatic carbocycles. The molecule has 2 atom stereocenters. The molecule has 0 aromatic heterocycles. The Hall–Kier alpha value is -0.810. The minimum absolute atomic E-state index is 0. The molecule has 3 rings (SSSR count). The Labute approximate surface area is 125 Å². The second-order valence-electron chi connectivity index (χ2n) is 6.22.